The maximum absolute atomic E-state index is 12.4. The number of amides is 1. The standard InChI is InChI=1S/C17H23N5O2/c1-18-16-6-2-5-14(20-16)15-13-21(11-12-24-15)17(23)7-3-9-22-10-4-8-19-22/h2,4-6,8,10,15H,3,7,9,11-13H2,1H3,(H,18,20)/t15-/m0/s1. The molecule has 1 amide bonds. The molecule has 1 aliphatic heterocycles. The Labute approximate surface area is 141 Å². The van der Waals surface area contributed by atoms with Crippen LogP contribution >= 0.6 is 0 Å². The second kappa shape index (κ2) is 7.92. The Balaban J connectivity index is 1.53. The lowest BCUT2D eigenvalue weighted by Crippen LogP contribution is -2.42. The van der Waals surface area contributed by atoms with Gasteiger partial charge in [-0.1, -0.05) is 6.07 Å². The van der Waals surface area contributed by atoms with Crippen LogP contribution < -0.4 is 5.32 Å². The highest BCUT2D eigenvalue weighted by Gasteiger charge is 2.26. The second-order valence-electron chi connectivity index (χ2n) is 5.77. The van der Waals surface area contributed by atoms with E-state index in [0.717, 1.165) is 24.5 Å². The first kappa shape index (κ1) is 16.4. The molecule has 1 atom stereocenters. The number of nitrogens with zero attached hydrogens (tertiary/aromatic N) is 4. The van der Waals surface area contributed by atoms with Gasteiger partial charge in [-0.05, 0) is 24.6 Å². The zero-order chi connectivity index (χ0) is 16.8. The molecule has 2 aromatic heterocycles. The summed E-state index contributed by atoms with van der Waals surface area (Å²) in [4.78, 5) is 18.8. The van der Waals surface area contributed by atoms with Crippen molar-refractivity contribution < 1.29 is 9.53 Å². The van der Waals surface area contributed by atoms with Gasteiger partial charge in [0.05, 0.1) is 18.8 Å². The highest BCUT2D eigenvalue weighted by atomic mass is 16.5. The van der Waals surface area contributed by atoms with Gasteiger partial charge >= 0.3 is 0 Å². The van der Waals surface area contributed by atoms with E-state index in [-0.39, 0.29) is 12.0 Å². The maximum Gasteiger partial charge on any atom is 0.222 e. The Bertz CT molecular complexity index is 659. The van der Waals surface area contributed by atoms with Gasteiger partial charge in [-0.15, -0.1) is 0 Å². The molecule has 3 heterocycles. The van der Waals surface area contributed by atoms with Crippen LogP contribution in [0.4, 0.5) is 5.82 Å². The van der Waals surface area contributed by atoms with Crippen molar-refractivity contribution in [3.05, 3.63) is 42.4 Å². The molecule has 1 N–H and O–H groups in total. The highest BCUT2D eigenvalue weighted by Crippen LogP contribution is 2.22. The summed E-state index contributed by atoms with van der Waals surface area (Å²) in [6, 6.07) is 7.69. The number of carbonyl (C=O) groups excluding carboxylic acids is 1. The van der Waals surface area contributed by atoms with E-state index in [1.807, 2.05) is 47.1 Å². The molecular weight excluding hydrogens is 306 g/mol. The number of nitrogens with one attached hydrogen (secondary N) is 1. The molecule has 2 aromatic rings. The summed E-state index contributed by atoms with van der Waals surface area (Å²) >= 11 is 0. The largest absolute Gasteiger partial charge is 0.373 e. The van der Waals surface area contributed by atoms with Crippen LogP contribution in [0.25, 0.3) is 0 Å². The maximum atomic E-state index is 12.4. The molecule has 0 spiro atoms. The Morgan fingerprint density at radius 2 is 2.33 bits per heavy atom. The molecule has 0 unspecified atom stereocenters. The average molecular weight is 329 g/mol. The Kier molecular flexibility index (Phi) is 5.43. The number of hydrogen-bond acceptors (Lipinski definition) is 5. The molecule has 7 nitrogen and oxygen atoms in total. The minimum absolute atomic E-state index is 0.165. The van der Waals surface area contributed by atoms with Crippen LogP contribution in [0.1, 0.15) is 24.6 Å². The van der Waals surface area contributed by atoms with Gasteiger partial charge < -0.3 is 15.0 Å². The predicted molar refractivity (Wildman–Crippen MR) is 90.5 cm³/mol. The molecule has 0 saturated carbocycles. The van der Waals surface area contributed by atoms with Gasteiger partial charge in [-0.2, -0.15) is 5.10 Å². The quantitative estimate of drug-likeness (QED) is 0.873. The van der Waals surface area contributed by atoms with Crippen LogP contribution in [0.2, 0.25) is 0 Å². The third kappa shape index (κ3) is 4.11. The number of aromatic nitrogens is 3. The number of morpholine rings is 1. The van der Waals surface area contributed by atoms with Gasteiger partial charge in [0.25, 0.3) is 0 Å². The first-order valence-electron chi connectivity index (χ1n) is 8.28. The summed E-state index contributed by atoms with van der Waals surface area (Å²) < 4.78 is 7.66. The molecule has 1 fully saturated rings. The number of carbonyl (C=O) groups is 1. The fourth-order valence-corrected chi connectivity index (χ4v) is 2.81. The Hall–Kier alpha value is -2.41. The molecule has 0 aliphatic carbocycles. The molecule has 7 heteroatoms. The Morgan fingerprint density at radius 1 is 1.42 bits per heavy atom. The molecule has 1 saturated heterocycles. The van der Waals surface area contributed by atoms with E-state index in [9.17, 15) is 4.79 Å². The van der Waals surface area contributed by atoms with E-state index in [1.165, 1.54) is 0 Å². The summed E-state index contributed by atoms with van der Waals surface area (Å²) in [7, 11) is 1.84. The van der Waals surface area contributed by atoms with Crippen molar-refractivity contribution in [1.29, 1.82) is 0 Å². The van der Waals surface area contributed by atoms with E-state index in [4.69, 9.17) is 4.74 Å². The van der Waals surface area contributed by atoms with E-state index in [2.05, 4.69) is 15.4 Å². The Morgan fingerprint density at radius 3 is 3.12 bits per heavy atom. The predicted octanol–water partition coefficient (Wildman–Crippen LogP) is 1.70. The van der Waals surface area contributed by atoms with Crippen LogP contribution in [-0.4, -0.2) is 52.3 Å². The number of hydrogen-bond donors (Lipinski definition) is 1. The topological polar surface area (TPSA) is 72.3 Å². The summed E-state index contributed by atoms with van der Waals surface area (Å²) in [5.41, 5.74) is 0.857. The molecule has 0 radical (unpaired) electrons. The second-order valence-corrected chi connectivity index (χ2v) is 5.77. The lowest BCUT2D eigenvalue weighted by atomic mass is 10.1. The van der Waals surface area contributed by atoms with E-state index in [0.29, 0.717) is 26.1 Å². The smallest absolute Gasteiger partial charge is 0.222 e. The number of pyridine rings is 1. The van der Waals surface area contributed by atoms with Crippen molar-refractivity contribution in [2.45, 2.75) is 25.5 Å². The SMILES string of the molecule is CNc1cccc([C@@H]2CN(C(=O)CCCn3cccn3)CCO2)n1. The normalized spacial score (nSPS) is 17.7. The zero-order valence-electron chi connectivity index (χ0n) is 13.9. The number of rotatable bonds is 6. The molecule has 3 rings (SSSR count). The molecule has 1 aliphatic rings. The fourth-order valence-electron chi connectivity index (χ4n) is 2.81. The number of aryl methyl sites for hydroxylation is 1. The molecule has 128 valence electrons. The van der Waals surface area contributed by atoms with Gasteiger partial charge in [-0.25, -0.2) is 4.98 Å². The molecule has 24 heavy (non-hydrogen) atoms. The molecule has 0 bridgehead atoms. The summed E-state index contributed by atoms with van der Waals surface area (Å²) in [6.45, 7) is 2.50. The van der Waals surface area contributed by atoms with Crippen LogP contribution in [-0.2, 0) is 16.1 Å². The van der Waals surface area contributed by atoms with Crippen molar-refractivity contribution >= 4 is 11.7 Å². The summed E-state index contributed by atoms with van der Waals surface area (Å²) in [6.07, 6.45) is 4.81. The monoisotopic (exact) mass is 329 g/mol. The first-order chi connectivity index (χ1) is 11.8. The lowest BCUT2D eigenvalue weighted by Gasteiger charge is -2.33. The van der Waals surface area contributed by atoms with Crippen molar-refractivity contribution in [2.24, 2.45) is 0 Å². The lowest BCUT2D eigenvalue weighted by molar-refractivity contribution is -0.139. The van der Waals surface area contributed by atoms with Gasteiger partial charge in [-0.3, -0.25) is 9.48 Å². The van der Waals surface area contributed by atoms with Gasteiger partial charge in [0.1, 0.15) is 11.9 Å². The van der Waals surface area contributed by atoms with Gasteiger partial charge in [0.2, 0.25) is 5.91 Å². The minimum Gasteiger partial charge on any atom is -0.373 e. The average Bonchev–Trinajstić information content (AvgIpc) is 3.15. The first-order valence-corrected chi connectivity index (χ1v) is 8.28. The fraction of sp³-hybridized carbons (Fsp3) is 0.471. The van der Waals surface area contributed by atoms with Gasteiger partial charge in [0.15, 0.2) is 0 Å². The summed E-state index contributed by atoms with van der Waals surface area (Å²) in [5.74, 6) is 0.971. The van der Waals surface area contributed by atoms with E-state index < -0.39 is 0 Å². The van der Waals surface area contributed by atoms with Crippen molar-refractivity contribution in [2.75, 3.05) is 32.1 Å². The van der Waals surface area contributed by atoms with E-state index in [1.54, 1.807) is 6.20 Å². The van der Waals surface area contributed by atoms with Crippen LogP contribution in [0.15, 0.2) is 36.7 Å². The highest BCUT2D eigenvalue weighted by molar-refractivity contribution is 5.76. The minimum atomic E-state index is -0.165. The van der Waals surface area contributed by atoms with E-state index >= 15 is 0 Å². The van der Waals surface area contributed by atoms with Crippen molar-refractivity contribution in [1.82, 2.24) is 19.7 Å². The van der Waals surface area contributed by atoms with Crippen molar-refractivity contribution in [3.8, 4) is 0 Å². The number of anilines is 1. The zero-order valence-corrected chi connectivity index (χ0v) is 13.9. The molecular formula is C17H23N5O2. The van der Waals surface area contributed by atoms with Crippen molar-refractivity contribution in [3.63, 3.8) is 0 Å². The van der Waals surface area contributed by atoms with Gasteiger partial charge in [0, 0.05) is 39.0 Å². The van der Waals surface area contributed by atoms with Crippen LogP contribution in [0.3, 0.4) is 0 Å². The summed E-state index contributed by atoms with van der Waals surface area (Å²) in [5, 5.41) is 7.18. The third-order valence-electron chi connectivity index (χ3n) is 4.11. The van der Waals surface area contributed by atoms with Crippen LogP contribution in [0, 0.1) is 0 Å². The third-order valence-corrected chi connectivity index (χ3v) is 4.11. The van der Waals surface area contributed by atoms with Crippen LogP contribution in [0.5, 0.6) is 0 Å². The molecule has 0 aromatic carbocycles. The number of ether oxygens (including phenoxy) is 1.